The van der Waals surface area contributed by atoms with Crippen LogP contribution in [0.2, 0.25) is 0 Å². The molecule has 0 atom stereocenters. The van der Waals surface area contributed by atoms with E-state index in [1.54, 1.807) is 0 Å². The number of hydrogen-bond donors (Lipinski definition) is 1. The molecule has 0 bridgehead atoms. The number of nitrogens with zero attached hydrogens (tertiary/aromatic N) is 2. The summed E-state index contributed by atoms with van der Waals surface area (Å²) in [5.41, 5.74) is 0.981. The first kappa shape index (κ1) is 10.3. The van der Waals surface area contributed by atoms with Gasteiger partial charge in [0.1, 0.15) is 0 Å². The van der Waals surface area contributed by atoms with Crippen LogP contribution in [0.3, 0.4) is 0 Å². The van der Waals surface area contributed by atoms with Crippen LogP contribution in [0.5, 0.6) is 0 Å². The Morgan fingerprint density at radius 3 is 2.69 bits per heavy atom. The molecular formula is C10H18N2O. The second-order valence-corrected chi connectivity index (χ2v) is 3.23. The molecule has 0 aliphatic rings. The summed E-state index contributed by atoms with van der Waals surface area (Å²) in [4.78, 5) is 0. The monoisotopic (exact) mass is 182 g/mol. The molecule has 0 radical (unpaired) electrons. The number of aromatic nitrogens is 2. The Morgan fingerprint density at radius 2 is 2.15 bits per heavy atom. The third kappa shape index (κ3) is 2.56. The molecule has 0 unspecified atom stereocenters. The third-order valence-electron chi connectivity index (χ3n) is 2.35. The van der Waals surface area contributed by atoms with Crippen molar-refractivity contribution >= 4 is 0 Å². The second-order valence-electron chi connectivity index (χ2n) is 3.23. The maximum atomic E-state index is 8.73. The molecule has 3 heteroatoms. The summed E-state index contributed by atoms with van der Waals surface area (Å²) in [6.07, 6.45) is 4.88. The van der Waals surface area contributed by atoms with Crippen molar-refractivity contribution in [2.75, 3.05) is 6.61 Å². The lowest BCUT2D eigenvalue weighted by molar-refractivity contribution is 0.297. The molecule has 3 nitrogen and oxygen atoms in total. The third-order valence-corrected chi connectivity index (χ3v) is 2.35. The van der Waals surface area contributed by atoms with Crippen LogP contribution in [0.25, 0.3) is 0 Å². The van der Waals surface area contributed by atoms with Gasteiger partial charge in [0, 0.05) is 19.2 Å². The highest BCUT2D eigenvalue weighted by Crippen LogP contribution is 2.14. The van der Waals surface area contributed by atoms with Crippen molar-refractivity contribution in [2.45, 2.75) is 39.2 Å². The predicted octanol–water partition coefficient (Wildman–Crippen LogP) is 1.78. The summed E-state index contributed by atoms with van der Waals surface area (Å²) in [5, 5.41) is 13.1. The van der Waals surface area contributed by atoms with Gasteiger partial charge in [0.15, 0.2) is 0 Å². The maximum Gasteiger partial charge on any atom is 0.0647 e. The normalized spacial score (nSPS) is 11.1. The van der Waals surface area contributed by atoms with Crippen molar-refractivity contribution in [1.29, 1.82) is 0 Å². The lowest BCUT2D eigenvalue weighted by Crippen LogP contribution is -2.08. The van der Waals surface area contributed by atoms with Crippen molar-refractivity contribution in [3.8, 4) is 0 Å². The van der Waals surface area contributed by atoms with E-state index in [4.69, 9.17) is 5.11 Å². The Bertz CT molecular complexity index is 241. The van der Waals surface area contributed by atoms with E-state index >= 15 is 0 Å². The molecule has 1 aromatic rings. The molecule has 1 aromatic heterocycles. The van der Waals surface area contributed by atoms with E-state index in [2.05, 4.69) is 18.9 Å². The van der Waals surface area contributed by atoms with E-state index in [0.717, 1.165) is 18.5 Å². The molecule has 0 spiro atoms. The summed E-state index contributed by atoms with van der Waals surface area (Å²) in [5.74, 6) is 0. The van der Waals surface area contributed by atoms with Crippen LogP contribution in [0.1, 0.15) is 38.4 Å². The molecule has 0 fully saturated rings. The second kappa shape index (κ2) is 5.02. The van der Waals surface area contributed by atoms with Crippen LogP contribution < -0.4 is 0 Å². The minimum Gasteiger partial charge on any atom is -0.396 e. The van der Waals surface area contributed by atoms with E-state index in [0.29, 0.717) is 12.5 Å². The van der Waals surface area contributed by atoms with Crippen molar-refractivity contribution in [3.05, 3.63) is 18.0 Å². The fourth-order valence-corrected chi connectivity index (χ4v) is 1.49. The topological polar surface area (TPSA) is 38.0 Å². The highest BCUT2D eigenvalue weighted by Gasteiger charge is 2.06. The Morgan fingerprint density at radius 1 is 1.46 bits per heavy atom. The molecule has 1 heterocycles. The van der Waals surface area contributed by atoms with E-state index in [1.165, 1.54) is 0 Å². The zero-order valence-corrected chi connectivity index (χ0v) is 8.40. The highest BCUT2D eigenvalue weighted by molar-refractivity contribution is 4.99. The fourth-order valence-electron chi connectivity index (χ4n) is 1.49. The highest BCUT2D eigenvalue weighted by atomic mass is 16.3. The Balaban J connectivity index is 2.66. The maximum absolute atomic E-state index is 8.73. The molecule has 0 amide bonds. The van der Waals surface area contributed by atoms with Gasteiger partial charge in [0.2, 0.25) is 0 Å². The average Bonchev–Trinajstić information content (AvgIpc) is 2.56. The molecule has 13 heavy (non-hydrogen) atoms. The Labute approximate surface area is 79.4 Å². The van der Waals surface area contributed by atoms with Gasteiger partial charge in [0.05, 0.1) is 11.7 Å². The SMILES string of the molecule is CCC(CC)n1ccc(CCO)n1. The van der Waals surface area contributed by atoms with Crippen LogP contribution >= 0.6 is 0 Å². The minimum absolute atomic E-state index is 0.180. The largest absolute Gasteiger partial charge is 0.396 e. The van der Waals surface area contributed by atoms with Gasteiger partial charge in [-0.3, -0.25) is 4.68 Å². The van der Waals surface area contributed by atoms with E-state index in [9.17, 15) is 0 Å². The molecule has 0 aliphatic carbocycles. The van der Waals surface area contributed by atoms with E-state index < -0.39 is 0 Å². The minimum atomic E-state index is 0.180. The smallest absolute Gasteiger partial charge is 0.0647 e. The lowest BCUT2D eigenvalue weighted by atomic mass is 10.2. The molecule has 1 N–H and O–H groups in total. The predicted molar refractivity (Wildman–Crippen MR) is 52.6 cm³/mol. The van der Waals surface area contributed by atoms with Gasteiger partial charge in [-0.1, -0.05) is 13.8 Å². The summed E-state index contributed by atoms with van der Waals surface area (Å²) >= 11 is 0. The Hall–Kier alpha value is -0.830. The van der Waals surface area contributed by atoms with E-state index in [-0.39, 0.29) is 6.61 Å². The first-order valence-corrected chi connectivity index (χ1v) is 4.96. The van der Waals surface area contributed by atoms with Crippen LogP contribution in [-0.4, -0.2) is 21.5 Å². The number of hydrogen-bond acceptors (Lipinski definition) is 2. The van der Waals surface area contributed by atoms with E-state index in [1.807, 2.05) is 16.9 Å². The van der Waals surface area contributed by atoms with Crippen molar-refractivity contribution < 1.29 is 5.11 Å². The van der Waals surface area contributed by atoms with Crippen molar-refractivity contribution in [2.24, 2.45) is 0 Å². The first-order valence-electron chi connectivity index (χ1n) is 4.96. The zero-order valence-electron chi connectivity index (χ0n) is 8.40. The van der Waals surface area contributed by atoms with Gasteiger partial charge in [0.25, 0.3) is 0 Å². The summed E-state index contributed by atoms with van der Waals surface area (Å²) in [6, 6.07) is 2.49. The summed E-state index contributed by atoms with van der Waals surface area (Å²) in [6.45, 7) is 4.52. The molecule has 0 saturated heterocycles. The molecule has 1 rings (SSSR count). The van der Waals surface area contributed by atoms with Gasteiger partial charge in [-0.15, -0.1) is 0 Å². The standard InChI is InChI=1S/C10H18N2O/c1-3-10(4-2)12-7-5-9(11-12)6-8-13/h5,7,10,13H,3-4,6,8H2,1-2H3. The quantitative estimate of drug-likeness (QED) is 0.753. The van der Waals surface area contributed by atoms with Crippen LogP contribution in [0.15, 0.2) is 12.3 Å². The number of aliphatic hydroxyl groups excluding tert-OH is 1. The number of aliphatic hydroxyl groups is 1. The van der Waals surface area contributed by atoms with Crippen molar-refractivity contribution in [1.82, 2.24) is 9.78 Å². The van der Waals surface area contributed by atoms with Gasteiger partial charge in [-0.05, 0) is 18.9 Å². The number of rotatable bonds is 5. The molecule has 74 valence electrons. The first-order chi connectivity index (χ1) is 6.31. The van der Waals surface area contributed by atoms with Gasteiger partial charge in [-0.25, -0.2) is 0 Å². The summed E-state index contributed by atoms with van der Waals surface area (Å²) in [7, 11) is 0. The van der Waals surface area contributed by atoms with Crippen LogP contribution in [-0.2, 0) is 6.42 Å². The molecule has 0 aromatic carbocycles. The molecule has 0 aliphatic heterocycles. The van der Waals surface area contributed by atoms with Gasteiger partial charge in [-0.2, -0.15) is 5.10 Å². The zero-order chi connectivity index (χ0) is 9.68. The molecular weight excluding hydrogens is 164 g/mol. The lowest BCUT2D eigenvalue weighted by Gasteiger charge is -2.12. The summed E-state index contributed by atoms with van der Waals surface area (Å²) < 4.78 is 2.00. The fraction of sp³-hybridized carbons (Fsp3) is 0.700. The van der Waals surface area contributed by atoms with Crippen LogP contribution in [0, 0.1) is 0 Å². The Kier molecular flexibility index (Phi) is 3.96. The van der Waals surface area contributed by atoms with Gasteiger partial charge < -0.3 is 5.11 Å². The van der Waals surface area contributed by atoms with Crippen molar-refractivity contribution in [3.63, 3.8) is 0 Å². The van der Waals surface area contributed by atoms with Gasteiger partial charge >= 0.3 is 0 Å². The average molecular weight is 182 g/mol. The molecule has 0 saturated carbocycles. The van der Waals surface area contributed by atoms with Crippen LogP contribution in [0.4, 0.5) is 0 Å².